The molecule has 1 unspecified atom stereocenters. The monoisotopic (exact) mass is 1340 g/mol. The zero-order chi connectivity index (χ0) is 68.4. The summed E-state index contributed by atoms with van der Waals surface area (Å²) in [5.74, 6) is -0.788. The number of unbranched alkanes of at least 4 members (excludes halogenated alkanes) is 25. The van der Waals surface area contributed by atoms with E-state index in [4.69, 9.17) is 37.9 Å². The molecule has 4 heterocycles. The summed E-state index contributed by atoms with van der Waals surface area (Å²) in [7, 11) is 0. The van der Waals surface area contributed by atoms with E-state index in [0.717, 1.165) is 70.6 Å². The molecule has 0 spiro atoms. The molecule has 25 atom stereocenters. The number of carbonyl (C=O) groups excluding carboxylic acids is 2. The molecule has 0 aromatic carbocycles. The summed E-state index contributed by atoms with van der Waals surface area (Å²) in [4.78, 5) is 26.3. The zero-order valence-electron chi connectivity index (χ0n) is 56.5. The van der Waals surface area contributed by atoms with Gasteiger partial charge >= 0.3 is 0 Å². The Morgan fingerprint density at radius 1 is 0.462 bits per heavy atom. The first-order chi connectivity index (χ1) is 44.6. The van der Waals surface area contributed by atoms with Gasteiger partial charge in [0, 0.05) is 6.92 Å². The van der Waals surface area contributed by atoms with Gasteiger partial charge in [-0.05, 0) is 25.7 Å². The van der Waals surface area contributed by atoms with Gasteiger partial charge in [-0.2, -0.15) is 0 Å². The summed E-state index contributed by atoms with van der Waals surface area (Å²) < 4.78 is 47.2. The third-order valence-corrected chi connectivity index (χ3v) is 19.1. The summed E-state index contributed by atoms with van der Waals surface area (Å²) in [6.07, 6.45) is -4.74. The van der Waals surface area contributed by atoms with Crippen LogP contribution in [-0.2, 0) is 47.5 Å². The number of ether oxygens (including phenoxy) is 8. The van der Waals surface area contributed by atoms with Crippen LogP contribution < -0.4 is 10.6 Å². The second kappa shape index (κ2) is 46.4. The molecule has 0 radical (unpaired) electrons. The first-order valence-electron chi connectivity index (χ1n) is 35.7. The Labute approximate surface area is 552 Å². The molecule has 0 bridgehead atoms. The van der Waals surface area contributed by atoms with Gasteiger partial charge in [0.1, 0.15) is 104 Å². The lowest BCUT2D eigenvalue weighted by Gasteiger charge is -2.48. The fourth-order valence-electron chi connectivity index (χ4n) is 12.7. The Hall–Kier alpha value is -1.94. The van der Waals surface area contributed by atoms with Crippen molar-refractivity contribution in [2.24, 2.45) is 5.92 Å². The Kier molecular flexibility index (Phi) is 41.7. The largest absolute Gasteiger partial charge is 0.394 e. The molecule has 4 saturated heterocycles. The van der Waals surface area contributed by atoms with E-state index in [2.05, 4.69) is 31.4 Å². The van der Waals surface area contributed by atoms with Crippen molar-refractivity contribution in [3.05, 3.63) is 0 Å². The second-order valence-electron chi connectivity index (χ2n) is 27.0. The quantitative estimate of drug-likeness (QED) is 0.0389. The molecule has 0 aliphatic carbocycles. The molecule has 4 fully saturated rings. The lowest BCUT2D eigenvalue weighted by Crippen LogP contribution is -2.68. The average molecular weight is 1340 g/mol. The van der Waals surface area contributed by atoms with E-state index < -0.39 is 185 Å². The van der Waals surface area contributed by atoms with E-state index >= 15 is 0 Å². The minimum atomic E-state index is -2.10. The predicted molar refractivity (Wildman–Crippen MR) is 341 cm³/mol. The van der Waals surface area contributed by atoms with Crippen LogP contribution in [0.4, 0.5) is 0 Å². The van der Waals surface area contributed by atoms with Crippen molar-refractivity contribution in [2.45, 2.75) is 381 Å². The Balaban J connectivity index is 1.41. The summed E-state index contributed by atoms with van der Waals surface area (Å²) in [5.41, 5.74) is 0. The van der Waals surface area contributed by atoms with Crippen molar-refractivity contribution in [3.63, 3.8) is 0 Å². The second-order valence-corrected chi connectivity index (χ2v) is 27.0. The van der Waals surface area contributed by atoms with E-state index in [-0.39, 0.29) is 12.8 Å². The van der Waals surface area contributed by atoms with Crippen LogP contribution in [0.15, 0.2) is 0 Å². The average Bonchev–Trinajstić information content (AvgIpc) is 0.830. The van der Waals surface area contributed by atoms with E-state index in [1.54, 1.807) is 0 Å². The predicted octanol–water partition coefficient (Wildman–Crippen LogP) is 2.78. The molecule has 26 heteroatoms. The normalized spacial score (nSPS) is 33.4. The Morgan fingerprint density at radius 3 is 1.40 bits per heavy atom. The SMILES string of the molecule is CCCCCCCCCCCCCCCCCCC[C@@H](O)C(=O)N[C@@H](CO[C@H]1O[C@H](CO)[C@H](O)[C@H](O)[C@H]1O[C@H]1O[C@H](CO[C@@H]2O[C@H](CO)[C@H](O)[C@H](O[C@@H]3O[C@@H](C)[C@H](O)[C@@H](O)[C@H]3O)[C@H]2NC(C)=O)[C@H](O)[C@H](O)[C@H]1O)[C@H](O)[C@H](O)CCCCCCCCCCCCC(C)CC. The van der Waals surface area contributed by atoms with Gasteiger partial charge in [0.25, 0.3) is 0 Å². The van der Waals surface area contributed by atoms with Gasteiger partial charge in [-0.3, -0.25) is 9.59 Å². The highest BCUT2D eigenvalue weighted by atomic mass is 16.8. The summed E-state index contributed by atoms with van der Waals surface area (Å²) in [6, 6.07) is -2.93. The maximum absolute atomic E-state index is 13.7. The third-order valence-electron chi connectivity index (χ3n) is 19.1. The molecule has 26 nitrogen and oxygen atoms in total. The van der Waals surface area contributed by atoms with Crippen molar-refractivity contribution >= 4 is 11.8 Å². The maximum atomic E-state index is 13.7. The van der Waals surface area contributed by atoms with Crippen LogP contribution in [0.2, 0.25) is 0 Å². The number of amides is 2. The number of hydrogen-bond donors (Lipinski definition) is 16. The van der Waals surface area contributed by atoms with E-state index in [1.165, 1.54) is 122 Å². The number of hydrogen-bond acceptors (Lipinski definition) is 24. The van der Waals surface area contributed by atoms with Crippen LogP contribution in [0.3, 0.4) is 0 Å². The fourth-order valence-corrected chi connectivity index (χ4v) is 12.7. The van der Waals surface area contributed by atoms with E-state index in [9.17, 15) is 81.1 Å². The van der Waals surface area contributed by atoms with Gasteiger partial charge in [-0.25, -0.2) is 0 Å². The van der Waals surface area contributed by atoms with Gasteiger partial charge in [0.05, 0.1) is 44.7 Å². The molecular weight excluding hydrogens is 1220 g/mol. The molecule has 4 aliphatic rings. The van der Waals surface area contributed by atoms with Gasteiger partial charge in [0.2, 0.25) is 11.8 Å². The number of aliphatic hydroxyl groups is 14. The number of aliphatic hydroxyl groups excluding tert-OH is 14. The van der Waals surface area contributed by atoms with Crippen LogP contribution in [-0.4, -0.2) is 257 Å². The molecule has 4 rings (SSSR count). The highest BCUT2D eigenvalue weighted by Gasteiger charge is 2.54. The number of nitrogens with one attached hydrogen (secondary N) is 2. The minimum Gasteiger partial charge on any atom is -0.394 e. The van der Waals surface area contributed by atoms with Gasteiger partial charge in [-0.1, -0.05) is 207 Å². The van der Waals surface area contributed by atoms with Crippen LogP contribution in [0.5, 0.6) is 0 Å². The van der Waals surface area contributed by atoms with Crippen molar-refractivity contribution < 1.29 is 119 Å². The zero-order valence-corrected chi connectivity index (χ0v) is 56.5. The van der Waals surface area contributed by atoms with Gasteiger partial charge in [0.15, 0.2) is 25.2 Å². The first kappa shape index (κ1) is 83.5. The fraction of sp³-hybridized carbons (Fsp3) is 0.970. The lowest BCUT2D eigenvalue weighted by atomic mass is 9.95. The van der Waals surface area contributed by atoms with Gasteiger partial charge < -0.3 is 120 Å². The van der Waals surface area contributed by atoms with Crippen LogP contribution >= 0.6 is 0 Å². The van der Waals surface area contributed by atoms with Crippen LogP contribution in [0.1, 0.15) is 234 Å². The maximum Gasteiger partial charge on any atom is 0.249 e. The molecule has 2 amide bonds. The highest BCUT2D eigenvalue weighted by molar-refractivity contribution is 5.80. The number of rotatable bonds is 49. The molecule has 16 N–H and O–H groups in total. The van der Waals surface area contributed by atoms with E-state index in [1.807, 2.05) is 0 Å². The van der Waals surface area contributed by atoms with Crippen molar-refractivity contribution in [3.8, 4) is 0 Å². The van der Waals surface area contributed by atoms with E-state index in [0.29, 0.717) is 12.8 Å². The van der Waals surface area contributed by atoms with Crippen molar-refractivity contribution in [2.75, 3.05) is 26.4 Å². The third kappa shape index (κ3) is 28.7. The standard InChI is InChI=1S/C67H126N2O24/c1-6-8-9-10-11-12-13-14-15-16-17-18-19-24-27-30-33-36-46(74)63(85)69-44(52(76)45(73)35-32-29-26-23-21-20-22-25-28-31-34-41(3)7-2)39-86-67-62(58(82)53(77)47(37-70)90-67)93-66-60(84)57(81)54(78)49(91-66)40-87-64-50(68-43(5)72)61(55(79)48(38-71)89-64)92-65-59(83)56(80)51(75)42(4)88-65/h41-42,44-62,64-67,70-71,73-84H,6-40H2,1-5H3,(H,68,72)(H,69,85)/t41?,42-,44-,45+,46+,47+,48+,49+,50+,51-,52-,53-,54-,55-,56+,57-,58-,59+,60+,61+,62+,64+,65-,66+,67-/m0/s1. The smallest absolute Gasteiger partial charge is 0.249 e. The minimum absolute atomic E-state index is 0.123. The van der Waals surface area contributed by atoms with Crippen LogP contribution in [0.25, 0.3) is 0 Å². The highest BCUT2D eigenvalue weighted by Crippen LogP contribution is 2.34. The molecule has 548 valence electrons. The summed E-state index contributed by atoms with van der Waals surface area (Å²) in [5, 5.41) is 159. The lowest BCUT2D eigenvalue weighted by molar-refractivity contribution is -0.373. The molecule has 0 saturated carbocycles. The topological polar surface area (TPSA) is 415 Å². The Bertz CT molecular complexity index is 1940. The molecular formula is C67H126N2O24. The number of carbonyl (C=O) groups is 2. The van der Waals surface area contributed by atoms with Gasteiger partial charge in [-0.15, -0.1) is 0 Å². The Morgan fingerprint density at radius 2 is 0.892 bits per heavy atom. The first-order valence-corrected chi connectivity index (χ1v) is 35.7. The molecule has 4 aliphatic heterocycles. The molecule has 0 aromatic heterocycles. The van der Waals surface area contributed by atoms with Crippen molar-refractivity contribution in [1.29, 1.82) is 0 Å². The van der Waals surface area contributed by atoms with Crippen LogP contribution in [0, 0.1) is 5.92 Å². The van der Waals surface area contributed by atoms with Crippen molar-refractivity contribution in [1.82, 2.24) is 10.6 Å². The molecule has 93 heavy (non-hydrogen) atoms. The molecule has 0 aromatic rings. The summed E-state index contributed by atoms with van der Waals surface area (Å²) in [6.45, 7) is 6.09. The summed E-state index contributed by atoms with van der Waals surface area (Å²) >= 11 is 0.